The molecule has 0 bridgehead atoms. The van der Waals surface area contributed by atoms with Crippen molar-refractivity contribution in [1.82, 2.24) is 24.6 Å². The van der Waals surface area contributed by atoms with E-state index in [0.29, 0.717) is 18.2 Å². The van der Waals surface area contributed by atoms with E-state index in [1.165, 1.54) is 6.33 Å². The summed E-state index contributed by atoms with van der Waals surface area (Å²) >= 11 is 0. The molecule has 0 spiro atoms. The number of hydrogen-bond acceptors (Lipinski definition) is 5. The molecule has 1 atom stereocenters. The van der Waals surface area contributed by atoms with Crippen LogP contribution >= 0.6 is 12.4 Å². The number of halogens is 1. The van der Waals surface area contributed by atoms with Crippen molar-refractivity contribution >= 4 is 18.3 Å². The van der Waals surface area contributed by atoms with E-state index in [1.54, 1.807) is 11.0 Å². The summed E-state index contributed by atoms with van der Waals surface area (Å²) in [6.45, 7) is 3.17. The average molecular weight is 468 g/mol. The normalized spacial score (nSPS) is 22.0. The van der Waals surface area contributed by atoms with Gasteiger partial charge in [0.05, 0.1) is 5.69 Å². The molecule has 1 unspecified atom stereocenters. The Morgan fingerprint density at radius 3 is 2.39 bits per heavy atom. The van der Waals surface area contributed by atoms with Gasteiger partial charge in [-0.05, 0) is 62.1 Å². The molecule has 3 aromatic rings. The summed E-state index contributed by atoms with van der Waals surface area (Å²) in [7, 11) is 0. The third-order valence-corrected chi connectivity index (χ3v) is 6.88. The van der Waals surface area contributed by atoms with Crippen LogP contribution in [0.2, 0.25) is 0 Å². The van der Waals surface area contributed by atoms with Crippen molar-refractivity contribution in [3.05, 3.63) is 78.4 Å². The number of amides is 1. The number of rotatable bonds is 4. The number of carbonyl (C=O) groups is 1. The number of piperidine rings is 2. The first-order valence-corrected chi connectivity index (χ1v) is 11.4. The van der Waals surface area contributed by atoms with Gasteiger partial charge >= 0.3 is 0 Å². The topological polar surface area (TPSA) is 74.5 Å². The van der Waals surface area contributed by atoms with Crippen molar-refractivity contribution in [2.45, 2.75) is 37.3 Å². The molecule has 0 radical (unpaired) electrons. The molecule has 2 saturated heterocycles. The van der Waals surface area contributed by atoms with Gasteiger partial charge in [0.15, 0.2) is 0 Å². The van der Waals surface area contributed by atoms with E-state index in [9.17, 15) is 9.90 Å². The minimum atomic E-state index is -0.779. The predicted molar refractivity (Wildman–Crippen MR) is 129 cm³/mol. The van der Waals surface area contributed by atoms with E-state index >= 15 is 0 Å². The Hall–Kier alpha value is -2.74. The first-order chi connectivity index (χ1) is 15.6. The molecule has 2 aliphatic heterocycles. The molecule has 8 heteroatoms. The Morgan fingerprint density at radius 2 is 1.73 bits per heavy atom. The highest BCUT2D eigenvalue weighted by Crippen LogP contribution is 2.34. The Kier molecular flexibility index (Phi) is 7.12. The number of aromatic nitrogens is 3. The summed E-state index contributed by atoms with van der Waals surface area (Å²) in [4.78, 5) is 21.4. The molecule has 0 aliphatic carbocycles. The van der Waals surface area contributed by atoms with Crippen molar-refractivity contribution in [3.8, 4) is 5.69 Å². The third-order valence-electron chi connectivity index (χ3n) is 6.88. The molecular formula is C25H30ClN5O2. The number of β-amino-alcohol motifs (C(OH)–C–C–N with tert-alkyl or cyclic N) is 1. The van der Waals surface area contributed by atoms with Gasteiger partial charge in [-0.3, -0.25) is 9.69 Å². The van der Waals surface area contributed by atoms with Gasteiger partial charge in [-0.25, -0.2) is 9.67 Å². The molecule has 1 aromatic heterocycles. The highest BCUT2D eigenvalue weighted by molar-refractivity contribution is 5.94. The molecule has 2 aromatic carbocycles. The summed E-state index contributed by atoms with van der Waals surface area (Å²) < 4.78 is 1.68. The van der Waals surface area contributed by atoms with Crippen molar-refractivity contribution in [2.75, 3.05) is 26.2 Å². The van der Waals surface area contributed by atoms with Crippen molar-refractivity contribution in [2.24, 2.45) is 0 Å². The average Bonchev–Trinajstić information content (AvgIpc) is 3.40. The molecule has 1 amide bonds. The molecular weight excluding hydrogens is 438 g/mol. The first kappa shape index (κ1) is 23.4. The van der Waals surface area contributed by atoms with E-state index in [0.717, 1.165) is 56.6 Å². The maximum atomic E-state index is 13.0. The lowest BCUT2D eigenvalue weighted by molar-refractivity contribution is -0.0553. The lowest BCUT2D eigenvalue weighted by Crippen LogP contribution is -2.53. The first-order valence-electron chi connectivity index (χ1n) is 11.4. The van der Waals surface area contributed by atoms with Crippen molar-refractivity contribution < 1.29 is 9.90 Å². The van der Waals surface area contributed by atoms with Crippen LogP contribution in [0.15, 0.2) is 67.3 Å². The Balaban J connectivity index is 0.00000259. The second kappa shape index (κ2) is 10.0. The Morgan fingerprint density at radius 1 is 1.00 bits per heavy atom. The second-order valence-corrected chi connectivity index (χ2v) is 8.88. The summed E-state index contributed by atoms with van der Waals surface area (Å²) in [6.07, 6.45) is 6.80. The van der Waals surface area contributed by atoms with Crippen LogP contribution in [0.3, 0.4) is 0 Å². The molecule has 174 valence electrons. The van der Waals surface area contributed by atoms with Crippen LogP contribution in [0.25, 0.3) is 5.69 Å². The van der Waals surface area contributed by atoms with Gasteiger partial charge in [0.2, 0.25) is 0 Å². The molecule has 7 nitrogen and oxygen atoms in total. The summed E-state index contributed by atoms with van der Waals surface area (Å²) in [6, 6.07) is 17.9. The van der Waals surface area contributed by atoms with Gasteiger partial charge in [-0.2, -0.15) is 5.10 Å². The number of nitrogens with zero attached hydrogens (tertiary/aromatic N) is 5. The van der Waals surface area contributed by atoms with Gasteiger partial charge in [-0.1, -0.05) is 30.3 Å². The fraction of sp³-hybridized carbons (Fsp3) is 0.400. The maximum Gasteiger partial charge on any atom is 0.253 e. The third kappa shape index (κ3) is 4.95. The van der Waals surface area contributed by atoms with E-state index in [1.807, 2.05) is 59.5 Å². The van der Waals surface area contributed by atoms with Crippen LogP contribution in [-0.2, 0) is 5.60 Å². The molecule has 0 saturated carbocycles. The smallest absolute Gasteiger partial charge is 0.253 e. The second-order valence-electron chi connectivity index (χ2n) is 8.88. The summed E-state index contributed by atoms with van der Waals surface area (Å²) in [5.74, 6) is 0.0769. The van der Waals surface area contributed by atoms with Crippen molar-refractivity contribution in [1.29, 1.82) is 0 Å². The fourth-order valence-electron chi connectivity index (χ4n) is 5.08. The molecule has 1 N–H and O–H groups in total. The molecule has 2 aliphatic rings. The number of benzene rings is 2. The number of likely N-dealkylation sites (tertiary alicyclic amines) is 2. The molecule has 3 heterocycles. The van der Waals surface area contributed by atoms with Gasteiger partial charge in [0, 0.05) is 31.2 Å². The largest absolute Gasteiger partial charge is 0.384 e. The van der Waals surface area contributed by atoms with Gasteiger partial charge < -0.3 is 10.0 Å². The lowest BCUT2D eigenvalue weighted by Gasteiger charge is -2.45. The maximum absolute atomic E-state index is 13.0. The molecule has 2 fully saturated rings. The number of aliphatic hydroxyl groups is 1. The van der Waals surface area contributed by atoms with E-state index < -0.39 is 5.60 Å². The van der Waals surface area contributed by atoms with E-state index in [2.05, 4.69) is 15.0 Å². The minimum absolute atomic E-state index is 0. The molecule has 33 heavy (non-hydrogen) atoms. The zero-order chi connectivity index (χ0) is 22.0. The van der Waals surface area contributed by atoms with Crippen LogP contribution < -0.4 is 0 Å². The van der Waals surface area contributed by atoms with Gasteiger partial charge in [0.1, 0.15) is 18.3 Å². The summed E-state index contributed by atoms with van der Waals surface area (Å²) in [5, 5.41) is 15.4. The summed E-state index contributed by atoms with van der Waals surface area (Å²) in [5.41, 5.74) is 1.81. The van der Waals surface area contributed by atoms with Crippen LogP contribution in [0, 0.1) is 0 Å². The van der Waals surface area contributed by atoms with Crippen LogP contribution in [0.5, 0.6) is 0 Å². The highest BCUT2D eigenvalue weighted by atomic mass is 35.5. The monoisotopic (exact) mass is 467 g/mol. The van der Waals surface area contributed by atoms with E-state index in [-0.39, 0.29) is 18.3 Å². The standard InChI is InChI=1S/C25H29N5O2.ClH/c31-24(20-7-9-23(10-8-20)30-19-26-18-27-30)28-15-11-22(12-16-28)29-14-4-13-25(32,17-29)21-5-2-1-3-6-21;/h1-3,5-10,18-19,22,32H,4,11-17H2;1H. The minimum Gasteiger partial charge on any atom is -0.384 e. The Bertz CT molecular complexity index is 1040. The number of hydrogen-bond donors (Lipinski definition) is 1. The van der Waals surface area contributed by atoms with Crippen molar-refractivity contribution in [3.63, 3.8) is 0 Å². The van der Waals surface area contributed by atoms with E-state index in [4.69, 9.17) is 0 Å². The zero-order valence-electron chi connectivity index (χ0n) is 18.6. The predicted octanol–water partition coefficient (Wildman–Crippen LogP) is 3.28. The quantitative estimate of drug-likeness (QED) is 0.637. The number of carbonyl (C=O) groups excluding carboxylic acids is 1. The SMILES string of the molecule is Cl.O=C(c1ccc(-n2cncn2)cc1)N1CCC(N2CCCC(O)(c3ccccc3)C2)CC1. The fourth-order valence-corrected chi connectivity index (χ4v) is 5.08. The van der Waals surface area contributed by atoms with Gasteiger partial charge in [-0.15, -0.1) is 12.4 Å². The highest BCUT2D eigenvalue weighted by Gasteiger charge is 2.38. The molecule has 5 rings (SSSR count). The zero-order valence-corrected chi connectivity index (χ0v) is 19.4. The van der Waals surface area contributed by atoms with Crippen LogP contribution in [-0.4, -0.2) is 67.8 Å². The van der Waals surface area contributed by atoms with Crippen LogP contribution in [0.1, 0.15) is 41.6 Å². The lowest BCUT2D eigenvalue weighted by atomic mass is 9.84. The Labute approximate surface area is 200 Å². The van der Waals surface area contributed by atoms with Crippen LogP contribution in [0.4, 0.5) is 0 Å². The van der Waals surface area contributed by atoms with Gasteiger partial charge in [0.25, 0.3) is 5.91 Å².